The molecule has 0 fully saturated rings. The minimum absolute atomic E-state index is 0.00430. The molecule has 1 unspecified atom stereocenters. The molecule has 2 aromatic rings. The van der Waals surface area contributed by atoms with Crippen molar-refractivity contribution in [2.45, 2.75) is 13.0 Å². The highest BCUT2D eigenvalue weighted by molar-refractivity contribution is 6.21. The molecule has 122 valence electrons. The number of amides is 2. The minimum Gasteiger partial charge on any atom is -0.447 e. The zero-order chi connectivity index (χ0) is 17.1. The van der Waals surface area contributed by atoms with E-state index in [2.05, 4.69) is 5.32 Å². The minimum atomic E-state index is -1.17. The molecule has 2 amide bonds. The summed E-state index contributed by atoms with van der Waals surface area (Å²) in [4.78, 5) is 37.9. The molecule has 1 aliphatic heterocycles. The summed E-state index contributed by atoms with van der Waals surface area (Å²) in [5.74, 6) is -1.57. The molecular weight excluding hydrogens is 308 g/mol. The third-order valence-corrected chi connectivity index (χ3v) is 3.66. The van der Waals surface area contributed by atoms with Crippen LogP contribution in [0.4, 0.5) is 11.4 Å². The molecule has 3 rings (SSSR count). The summed E-state index contributed by atoms with van der Waals surface area (Å²) in [5, 5.41) is 2.97. The van der Waals surface area contributed by atoms with E-state index in [4.69, 9.17) is 4.74 Å². The van der Waals surface area contributed by atoms with Gasteiger partial charge in [0.25, 0.3) is 11.8 Å². The Bertz CT molecular complexity index is 789. The highest BCUT2D eigenvalue weighted by atomic mass is 16.5. The van der Waals surface area contributed by atoms with E-state index in [0.717, 1.165) is 4.90 Å². The summed E-state index contributed by atoms with van der Waals surface area (Å²) >= 11 is 0. The zero-order valence-electron chi connectivity index (χ0n) is 13.1. The van der Waals surface area contributed by atoms with Gasteiger partial charge < -0.3 is 10.1 Å². The Balaban J connectivity index is 2.01. The van der Waals surface area contributed by atoms with E-state index < -0.39 is 23.9 Å². The molecule has 0 spiro atoms. The lowest BCUT2D eigenvalue weighted by Crippen LogP contribution is -2.46. The average molecular weight is 324 g/mol. The first-order chi connectivity index (χ1) is 11.6. The van der Waals surface area contributed by atoms with Crippen LogP contribution in [0.15, 0.2) is 54.6 Å². The van der Waals surface area contributed by atoms with Gasteiger partial charge in [-0.15, -0.1) is 0 Å². The molecule has 1 atom stereocenters. The number of para-hydroxylation sites is 2. The fraction of sp³-hybridized carbons (Fsp3) is 0.167. The predicted molar refractivity (Wildman–Crippen MR) is 88.4 cm³/mol. The summed E-state index contributed by atoms with van der Waals surface area (Å²) in [5.41, 5.74) is 1.65. The number of imide groups is 1. The van der Waals surface area contributed by atoms with Crippen LogP contribution in [0.3, 0.4) is 0 Å². The Morgan fingerprint density at radius 2 is 1.75 bits per heavy atom. The Morgan fingerprint density at radius 3 is 2.46 bits per heavy atom. The van der Waals surface area contributed by atoms with Crippen LogP contribution in [-0.4, -0.2) is 24.3 Å². The Kier molecular flexibility index (Phi) is 4.29. The maximum Gasteiger partial charge on any atom is 0.303 e. The molecule has 0 bridgehead atoms. The topological polar surface area (TPSA) is 75.7 Å². The lowest BCUT2D eigenvalue weighted by Gasteiger charge is -2.31. The highest BCUT2D eigenvalue weighted by Gasteiger charge is 2.36. The summed E-state index contributed by atoms with van der Waals surface area (Å²) < 4.78 is 5.21. The quantitative estimate of drug-likeness (QED) is 0.877. The molecule has 24 heavy (non-hydrogen) atoms. The van der Waals surface area contributed by atoms with Crippen molar-refractivity contribution >= 4 is 29.2 Å². The van der Waals surface area contributed by atoms with E-state index in [1.807, 2.05) is 6.07 Å². The fourth-order valence-corrected chi connectivity index (χ4v) is 2.62. The molecule has 1 aliphatic rings. The highest BCUT2D eigenvalue weighted by Crippen LogP contribution is 2.32. The summed E-state index contributed by atoms with van der Waals surface area (Å²) in [7, 11) is 0. The molecule has 6 heteroatoms. The molecule has 0 saturated carbocycles. The van der Waals surface area contributed by atoms with Crippen molar-refractivity contribution in [3.05, 3.63) is 60.2 Å². The van der Waals surface area contributed by atoms with E-state index in [1.165, 1.54) is 6.92 Å². The first-order valence-electron chi connectivity index (χ1n) is 7.50. The Morgan fingerprint density at radius 1 is 1.08 bits per heavy atom. The second kappa shape index (κ2) is 6.54. The predicted octanol–water partition coefficient (Wildman–Crippen LogP) is 2.28. The zero-order valence-corrected chi connectivity index (χ0v) is 13.1. The van der Waals surface area contributed by atoms with Gasteiger partial charge in [-0.3, -0.25) is 14.4 Å². The fourth-order valence-electron chi connectivity index (χ4n) is 2.62. The summed E-state index contributed by atoms with van der Waals surface area (Å²) in [6, 6.07) is 15.7. The van der Waals surface area contributed by atoms with E-state index in [9.17, 15) is 14.4 Å². The number of carbonyl (C=O) groups is 3. The monoisotopic (exact) mass is 324 g/mol. The first-order valence-corrected chi connectivity index (χ1v) is 7.50. The molecule has 6 nitrogen and oxygen atoms in total. The lowest BCUT2D eigenvalue weighted by atomic mass is 10.1. The van der Waals surface area contributed by atoms with Crippen LogP contribution in [0.5, 0.6) is 0 Å². The second-order valence-electron chi connectivity index (χ2n) is 5.34. The number of hydrogen-bond donors (Lipinski definition) is 1. The molecule has 2 aromatic carbocycles. The van der Waals surface area contributed by atoms with Crippen molar-refractivity contribution in [3.63, 3.8) is 0 Å². The average Bonchev–Trinajstić information content (AvgIpc) is 2.59. The summed E-state index contributed by atoms with van der Waals surface area (Å²) in [6.45, 7) is 1.24. The molecular formula is C18H16N2O4. The molecule has 1 N–H and O–H groups in total. The molecule has 1 heterocycles. The van der Waals surface area contributed by atoms with E-state index in [0.29, 0.717) is 16.9 Å². The van der Waals surface area contributed by atoms with Crippen LogP contribution in [-0.2, 0) is 19.1 Å². The van der Waals surface area contributed by atoms with Gasteiger partial charge in [0.2, 0.25) is 6.10 Å². The standard InChI is InChI=1S/C18H16N2O4/c1-12(21)24-17(13-7-3-2-4-8-13)18(23)20-15-10-6-5-9-14(15)19-11-16(20)22/h2-10,17,19H,11H2,1H3. The van der Waals surface area contributed by atoms with Crippen molar-refractivity contribution in [1.29, 1.82) is 0 Å². The number of esters is 1. The normalized spacial score (nSPS) is 14.4. The van der Waals surface area contributed by atoms with Gasteiger partial charge in [0, 0.05) is 12.5 Å². The van der Waals surface area contributed by atoms with E-state index in [-0.39, 0.29) is 6.54 Å². The van der Waals surface area contributed by atoms with Gasteiger partial charge in [-0.1, -0.05) is 42.5 Å². The van der Waals surface area contributed by atoms with Crippen LogP contribution in [0.25, 0.3) is 0 Å². The molecule has 0 aliphatic carbocycles. The number of rotatable bonds is 3. The van der Waals surface area contributed by atoms with Crippen molar-refractivity contribution in [2.75, 3.05) is 16.8 Å². The summed E-state index contributed by atoms with van der Waals surface area (Å²) in [6.07, 6.45) is -1.17. The van der Waals surface area contributed by atoms with Crippen molar-refractivity contribution < 1.29 is 19.1 Å². The number of hydrogen-bond acceptors (Lipinski definition) is 5. The van der Waals surface area contributed by atoms with Gasteiger partial charge in [0.05, 0.1) is 17.9 Å². The number of carbonyl (C=O) groups excluding carboxylic acids is 3. The lowest BCUT2D eigenvalue weighted by molar-refractivity contribution is -0.154. The van der Waals surface area contributed by atoms with Gasteiger partial charge >= 0.3 is 5.97 Å². The van der Waals surface area contributed by atoms with Crippen molar-refractivity contribution in [3.8, 4) is 0 Å². The van der Waals surface area contributed by atoms with Crippen molar-refractivity contribution in [1.82, 2.24) is 0 Å². The Hall–Kier alpha value is -3.15. The number of fused-ring (bicyclic) bond motifs is 1. The van der Waals surface area contributed by atoms with Gasteiger partial charge in [0.15, 0.2) is 0 Å². The molecule has 0 saturated heterocycles. The maximum absolute atomic E-state index is 13.0. The third kappa shape index (κ3) is 2.99. The molecule has 0 aromatic heterocycles. The van der Waals surface area contributed by atoms with Crippen LogP contribution < -0.4 is 10.2 Å². The number of nitrogens with one attached hydrogen (secondary N) is 1. The van der Waals surface area contributed by atoms with Gasteiger partial charge in [-0.05, 0) is 12.1 Å². The van der Waals surface area contributed by atoms with Crippen molar-refractivity contribution in [2.24, 2.45) is 0 Å². The maximum atomic E-state index is 13.0. The van der Waals surface area contributed by atoms with E-state index in [1.54, 1.807) is 48.5 Å². The Labute approximate surface area is 139 Å². The number of anilines is 2. The second-order valence-corrected chi connectivity index (χ2v) is 5.34. The third-order valence-electron chi connectivity index (χ3n) is 3.66. The first kappa shape index (κ1) is 15.7. The van der Waals surface area contributed by atoms with Gasteiger partial charge in [-0.25, -0.2) is 4.90 Å². The van der Waals surface area contributed by atoms with Gasteiger partial charge in [-0.2, -0.15) is 0 Å². The number of benzene rings is 2. The van der Waals surface area contributed by atoms with Crippen LogP contribution >= 0.6 is 0 Å². The van der Waals surface area contributed by atoms with Crippen LogP contribution in [0.1, 0.15) is 18.6 Å². The number of nitrogens with zero attached hydrogens (tertiary/aromatic N) is 1. The van der Waals surface area contributed by atoms with Crippen LogP contribution in [0.2, 0.25) is 0 Å². The van der Waals surface area contributed by atoms with Gasteiger partial charge in [0.1, 0.15) is 0 Å². The largest absolute Gasteiger partial charge is 0.447 e. The van der Waals surface area contributed by atoms with E-state index >= 15 is 0 Å². The molecule has 0 radical (unpaired) electrons. The smallest absolute Gasteiger partial charge is 0.303 e. The number of ether oxygens (including phenoxy) is 1. The SMILES string of the molecule is CC(=O)OC(C(=O)N1C(=O)CNc2ccccc21)c1ccccc1. The van der Waals surface area contributed by atoms with Crippen LogP contribution in [0, 0.1) is 0 Å².